The molecule has 6 nitrogen and oxygen atoms in total. The van der Waals surface area contributed by atoms with Gasteiger partial charge in [0.15, 0.2) is 0 Å². The summed E-state index contributed by atoms with van der Waals surface area (Å²) < 4.78 is 41.4. The molecule has 8 heteroatoms. The van der Waals surface area contributed by atoms with Crippen molar-refractivity contribution in [3.8, 4) is 0 Å². The van der Waals surface area contributed by atoms with Crippen LogP contribution in [0.4, 0.5) is 10.1 Å². The lowest BCUT2D eigenvalue weighted by Crippen LogP contribution is -2.36. The van der Waals surface area contributed by atoms with E-state index in [0.717, 1.165) is 5.56 Å². The normalized spacial score (nSPS) is 11.5. The van der Waals surface area contributed by atoms with Gasteiger partial charge >= 0.3 is 0 Å². The first-order valence-corrected chi connectivity index (χ1v) is 12.4. The highest BCUT2D eigenvalue weighted by Crippen LogP contribution is 2.23. The van der Waals surface area contributed by atoms with E-state index in [-0.39, 0.29) is 28.7 Å². The molecule has 3 aromatic rings. The lowest BCUT2D eigenvalue weighted by Gasteiger charge is -2.25. The third-order valence-corrected chi connectivity index (χ3v) is 7.29. The van der Waals surface area contributed by atoms with Crippen LogP contribution in [-0.2, 0) is 16.6 Å². The van der Waals surface area contributed by atoms with E-state index in [9.17, 15) is 17.6 Å². The SMILES string of the molecule is Cc1ccc(N(C)S(=O)(=O)c2cccc(C(=O)N(CCN(C)C)Cc3cccc(F)c3)c2)cc1. The van der Waals surface area contributed by atoms with Crippen LogP contribution in [0.3, 0.4) is 0 Å². The number of amides is 1. The highest BCUT2D eigenvalue weighted by atomic mass is 32.2. The minimum absolute atomic E-state index is 0.0275. The predicted octanol–water partition coefficient (Wildman–Crippen LogP) is 4.16. The van der Waals surface area contributed by atoms with Crippen LogP contribution in [0.5, 0.6) is 0 Å². The molecular weight excluding hydrogens is 453 g/mol. The second kappa shape index (κ2) is 10.8. The molecule has 0 saturated heterocycles. The van der Waals surface area contributed by atoms with Crippen LogP contribution < -0.4 is 4.31 Å². The monoisotopic (exact) mass is 483 g/mol. The van der Waals surface area contributed by atoms with Gasteiger partial charge in [-0.15, -0.1) is 0 Å². The Bertz CT molecular complexity index is 1240. The van der Waals surface area contributed by atoms with Crippen molar-refractivity contribution < 1.29 is 17.6 Å². The van der Waals surface area contributed by atoms with E-state index < -0.39 is 10.0 Å². The fraction of sp³-hybridized carbons (Fsp3) is 0.269. The van der Waals surface area contributed by atoms with Gasteiger partial charge in [0.2, 0.25) is 0 Å². The molecule has 0 aliphatic heterocycles. The molecule has 3 aromatic carbocycles. The summed E-state index contributed by atoms with van der Waals surface area (Å²) >= 11 is 0. The van der Waals surface area contributed by atoms with Crippen molar-refractivity contribution in [2.24, 2.45) is 0 Å². The van der Waals surface area contributed by atoms with E-state index in [1.807, 2.05) is 38.1 Å². The van der Waals surface area contributed by atoms with Crippen LogP contribution in [0.1, 0.15) is 21.5 Å². The number of anilines is 1. The molecule has 0 aliphatic carbocycles. The molecule has 0 aliphatic rings. The quantitative estimate of drug-likeness (QED) is 0.459. The van der Waals surface area contributed by atoms with E-state index in [2.05, 4.69) is 0 Å². The van der Waals surface area contributed by atoms with Crippen molar-refractivity contribution in [2.45, 2.75) is 18.4 Å². The van der Waals surface area contributed by atoms with Gasteiger partial charge in [0.1, 0.15) is 5.82 Å². The number of carbonyl (C=O) groups is 1. The Hall–Kier alpha value is -3.23. The van der Waals surface area contributed by atoms with Crippen molar-refractivity contribution in [3.63, 3.8) is 0 Å². The molecule has 0 saturated carbocycles. The van der Waals surface area contributed by atoms with Crippen molar-refractivity contribution in [2.75, 3.05) is 38.5 Å². The zero-order valence-electron chi connectivity index (χ0n) is 19.9. The molecule has 0 N–H and O–H groups in total. The molecule has 0 heterocycles. The molecule has 0 atom stereocenters. The van der Waals surface area contributed by atoms with E-state index in [4.69, 9.17) is 0 Å². The number of aryl methyl sites for hydroxylation is 1. The molecule has 0 bridgehead atoms. The number of carbonyl (C=O) groups excluding carboxylic acids is 1. The Morgan fingerprint density at radius 3 is 2.21 bits per heavy atom. The molecule has 1 amide bonds. The van der Waals surface area contributed by atoms with E-state index in [1.54, 1.807) is 41.3 Å². The Labute approximate surface area is 201 Å². The lowest BCUT2D eigenvalue weighted by atomic mass is 10.1. The molecule has 0 fully saturated rings. The largest absolute Gasteiger partial charge is 0.333 e. The molecule has 0 radical (unpaired) electrons. The van der Waals surface area contributed by atoms with Crippen LogP contribution in [0, 0.1) is 12.7 Å². The highest BCUT2D eigenvalue weighted by Gasteiger charge is 2.24. The zero-order chi connectivity index (χ0) is 24.9. The molecule has 0 spiro atoms. The van der Waals surface area contributed by atoms with E-state index in [1.165, 1.54) is 35.6 Å². The number of sulfonamides is 1. The number of halogens is 1. The summed E-state index contributed by atoms with van der Waals surface area (Å²) in [6.07, 6.45) is 0. The third kappa shape index (κ3) is 6.21. The first-order valence-electron chi connectivity index (χ1n) is 10.9. The summed E-state index contributed by atoms with van der Waals surface area (Å²) in [4.78, 5) is 17.0. The highest BCUT2D eigenvalue weighted by molar-refractivity contribution is 7.92. The zero-order valence-corrected chi connectivity index (χ0v) is 20.7. The summed E-state index contributed by atoms with van der Waals surface area (Å²) in [6, 6.07) is 19.3. The molecule has 3 rings (SSSR count). The van der Waals surface area contributed by atoms with Crippen molar-refractivity contribution in [1.29, 1.82) is 0 Å². The van der Waals surface area contributed by atoms with Gasteiger partial charge in [-0.1, -0.05) is 35.9 Å². The minimum atomic E-state index is -3.87. The fourth-order valence-electron chi connectivity index (χ4n) is 3.45. The van der Waals surface area contributed by atoms with Crippen LogP contribution in [0.25, 0.3) is 0 Å². The van der Waals surface area contributed by atoms with Crippen molar-refractivity contribution >= 4 is 21.6 Å². The number of benzene rings is 3. The van der Waals surface area contributed by atoms with Gasteiger partial charge in [0.25, 0.3) is 15.9 Å². The Morgan fingerprint density at radius 2 is 1.56 bits per heavy atom. The summed E-state index contributed by atoms with van der Waals surface area (Å²) in [7, 11) is 1.42. The summed E-state index contributed by atoms with van der Waals surface area (Å²) in [5.74, 6) is -0.689. The van der Waals surface area contributed by atoms with Crippen molar-refractivity contribution in [3.05, 3.63) is 95.3 Å². The van der Waals surface area contributed by atoms with E-state index >= 15 is 0 Å². The summed E-state index contributed by atoms with van der Waals surface area (Å²) in [6.45, 7) is 3.15. The minimum Gasteiger partial charge on any atom is -0.333 e. The maximum Gasteiger partial charge on any atom is 0.264 e. The van der Waals surface area contributed by atoms with Gasteiger partial charge in [-0.25, -0.2) is 12.8 Å². The second-order valence-corrected chi connectivity index (χ2v) is 10.5. The van der Waals surface area contributed by atoms with Gasteiger partial charge in [-0.3, -0.25) is 9.10 Å². The molecule has 0 aromatic heterocycles. The molecule has 180 valence electrons. The lowest BCUT2D eigenvalue weighted by molar-refractivity contribution is 0.0731. The number of hydrogen-bond donors (Lipinski definition) is 0. The number of likely N-dealkylation sites (N-methyl/N-ethyl adjacent to an activating group) is 1. The number of hydrogen-bond acceptors (Lipinski definition) is 4. The first kappa shape index (κ1) is 25.4. The Balaban J connectivity index is 1.89. The summed E-state index contributed by atoms with van der Waals surface area (Å²) in [5, 5.41) is 0. The van der Waals surface area contributed by atoms with Gasteiger partial charge in [0.05, 0.1) is 10.6 Å². The first-order chi connectivity index (χ1) is 16.1. The predicted molar refractivity (Wildman–Crippen MR) is 133 cm³/mol. The van der Waals surface area contributed by atoms with Gasteiger partial charge in [0, 0.05) is 32.2 Å². The average Bonchev–Trinajstić information content (AvgIpc) is 2.81. The smallest absolute Gasteiger partial charge is 0.264 e. The Kier molecular flexibility index (Phi) is 8.06. The van der Waals surface area contributed by atoms with Crippen molar-refractivity contribution in [1.82, 2.24) is 9.80 Å². The summed E-state index contributed by atoms with van der Waals surface area (Å²) in [5.41, 5.74) is 2.47. The fourth-order valence-corrected chi connectivity index (χ4v) is 4.69. The van der Waals surface area contributed by atoms with Crippen LogP contribution in [0.2, 0.25) is 0 Å². The van der Waals surface area contributed by atoms with Crippen LogP contribution in [-0.4, -0.2) is 58.4 Å². The Morgan fingerprint density at radius 1 is 0.882 bits per heavy atom. The van der Waals surface area contributed by atoms with Gasteiger partial charge < -0.3 is 9.80 Å². The van der Waals surface area contributed by atoms with E-state index in [0.29, 0.717) is 24.3 Å². The molecule has 0 unspecified atom stereocenters. The van der Waals surface area contributed by atoms with Gasteiger partial charge in [-0.05, 0) is 69.0 Å². The van der Waals surface area contributed by atoms with Gasteiger partial charge in [-0.2, -0.15) is 0 Å². The van der Waals surface area contributed by atoms with Crippen LogP contribution in [0.15, 0.2) is 77.7 Å². The molecular formula is C26H30FN3O3S. The average molecular weight is 484 g/mol. The topological polar surface area (TPSA) is 60.9 Å². The third-order valence-electron chi connectivity index (χ3n) is 5.50. The van der Waals surface area contributed by atoms with Crippen LogP contribution >= 0.6 is 0 Å². The second-order valence-electron chi connectivity index (χ2n) is 8.50. The maximum absolute atomic E-state index is 13.7. The number of nitrogens with zero attached hydrogens (tertiary/aromatic N) is 3. The number of rotatable bonds is 9. The standard InChI is InChI=1S/C26H30FN3O3S/c1-20-11-13-24(14-12-20)29(4)34(32,33)25-10-6-8-22(18-25)26(31)30(16-15-28(2)3)19-21-7-5-9-23(27)17-21/h5-14,17-18H,15-16,19H2,1-4H3. The molecule has 34 heavy (non-hydrogen) atoms. The maximum atomic E-state index is 13.7.